The van der Waals surface area contributed by atoms with Gasteiger partial charge in [0.15, 0.2) is 5.78 Å². The van der Waals surface area contributed by atoms with Gasteiger partial charge in [-0.25, -0.2) is 4.79 Å². The van der Waals surface area contributed by atoms with E-state index in [0.29, 0.717) is 28.0 Å². The summed E-state index contributed by atoms with van der Waals surface area (Å²) >= 11 is 0. The molecule has 1 atom stereocenters. The zero-order valence-corrected chi connectivity index (χ0v) is 12.1. The fourth-order valence-corrected chi connectivity index (χ4v) is 2.41. The van der Waals surface area contributed by atoms with Crippen molar-refractivity contribution in [3.05, 3.63) is 22.3 Å². The number of ketones is 1. The zero-order chi connectivity index (χ0) is 15.0. The molecule has 1 heterocycles. The molecular weight excluding hydrogens is 260 g/mol. The Kier molecular flexibility index (Phi) is 3.70. The van der Waals surface area contributed by atoms with E-state index in [9.17, 15) is 14.7 Å². The van der Waals surface area contributed by atoms with Crippen molar-refractivity contribution in [3.63, 3.8) is 0 Å². The summed E-state index contributed by atoms with van der Waals surface area (Å²) in [6.45, 7) is 7.13. The van der Waals surface area contributed by atoms with Crippen LogP contribution in [0.5, 0.6) is 11.5 Å². The van der Waals surface area contributed by atoms with Crippen LogP contribution in [0.2, 0.25) is 0 Å². The van der Waals surface area contributed by atoms with Crippen molar-refractivity contribution in [2.45, 2.75) is 40.2 Å². The Morgan fingerprint density at radius 3 is 2.55 bits per heavy atom. The molecule has 0 saturated carbocycles. The highest BCUT2D eigenvalue weighted by molar-refractivity contribution is 6.04. The Bertz CT molecular complexity index is 589. The first-order valence-electron chi connectivity index (χ1n) is 6.57. The van der Waals surface area contributed by atoms with E-state index in [2.05, 4.69) is 0 Å². The molecular formula is C15H18O5. The zero-order valence-electron chi connectivity index (χ0n) is 12.1. The van der Waals surface area contributed by atoms with E-state index in [0.717, 1.165) is 0 Å². The van der Waals surface area contributed by atoms with Crippen molar-refractivity contribution in [1.29, 1.82) is 0 Å². The Hall–Kier alpha value is -2.04. The molecule has 0 saturated heterocycles. The third-order valence-electron chi connectivity index (χ3n) is 3.67. The highest BCUT2D eigenvalue weighted by atomic mass is 16.6. The van der Waals surface area contributed by atoms with Gasteiger partial charge in [0.2, 0.25) is 6.10 Å². The summed E-state index contributed by atoms with van der Waals surface area (Å²) in [5, 5.41) is 10.0. The van der Waals surface area contributed by atoms with Gasteiger partial charge >= 0.3 is 5.97 Å². The number of hydrogen-bond donors (Lipinski definition) is 1. The van der Waals surface area contributed by atoms with Crippen LogP contribution in [0, 0.1) is 20.8 Å². The van der Waals surface area contributed by atoms with Crippen LogP contribution in [-0.4, -0.2) is 29.6 Å². The normalized spacial score (nSPS) is 17.4. The summed E-state index contributed by atoms with van der Waals surface area (Å²) in [4.78, 5) is 24.0. The number of aromatic hydroxyl groups is 1. The maximum Gasteiger partial charge on any atom is 0.347 e. The summed E-state index contributed by atoms with van der Waals surface area (Å²) in [6, 6.07) is 0. The molecule has 5 nitrogen and oxygen atoms in total. The van der Waals surface area contributed by atoms with Crippen LogP contribution in [0.25, 0.3) is 0 Å². The highest BCUT2D eigenvalue weighted by Crippen LogP contribution is 2.40. The summed E-state index contributed by atoms with van der Waals surface area (Å²) < 4.78 is 10.6. The number of hydrogen-bond acceptors (Lipinski definition) is 5. The molecule has 1 aromatic carbocycles. The van der Waals surface area contributed by atoms with Crippen LogP contribution in [0.4, 0.5) is 0 Å². The van der Waals surface area contributed by atoms with Gasteiger partial charge in [-0.05, 0) is 38.8 Å². The first kappa shape index (κ1) is 14.4. The Balaban J connectivity index is 2.50. The number of carbonyl (C=O) groups excluding carboxylic acids is 2. The lowest BCUT2D eigenvalue weighted by molar-refractivity contribution is -0.151. The Labute approximate surface area is 117 Å². The van der Waals surface area contributed by atoms with Crippen molar-refractivity contribution >= 4 is 11.8 Å². The molecule has 0 amide bonds. The maximum absolute atomic E-state index is 12.2. The minimum Gasteiger partial charge on any atom is -0.507 e. The minimum absolute atomic E-state index is 0.0609. The summed E-state index contributed by atoms with van der Waals surface area (Å²) in [5.74, 6) is -0.255. The third kappa shape index (κ3) is 2.13. The summed E-state index contributed by atoms with van der Waals surface area (Å²) in [7, 11) is 0. The molecule has 0 aliphatic carbocycles. The van der Waals surface area contributed by atoms with Crippen molar-refractivity contribution in [2.75, 3.05) is 6.61 Å². The summed E-state index contributed by atoms with van der Waals surface area (Å²) in [5.41, 5.74) is 2.19. The van der Waals surface area contributed by atoms with E-state index in [1.807, 2.05) is 0 Å². The molecule has 1 aromatic rings. The van der Waals surface area contributed by atoms with E-state index in [1.165, 1.54) is 0 Å². The van der Waals surface area contributed by atoms with E-state index in [4.69, 9.17) is 9.47 Å². The lowest BCUT2D eigenvalue weighted by Crippen LogP contribution is -2.36. The van der Waals surface area contributed by atoms with Gasteiger partial charge in [0, 0.05) is 5.56 Å². The quantitative estimate of drug-likeness (QED) is 0.840. The highest BCUT2D eigenvalue weighted by Gasteiger charge is 2.36. The molecule has 5 heteroatoms. The van der Waals surface area contributed by atoms with Gasteiger partial charge in [0.25, 0.3) is 0 Å². The number of phenols is 1. The fourth-order valence-electron chi connectivity index (χ4n) is 2.41. The van der Waals surface area contributed by atoms with Gasteiger partial charge in [0.05, 0.1) is 18.6 Å². The molecule has 1 aliphatic rings. The number of benzene rings is 1. The smallest absolute Gasteiger partial charge is 0.347 e. The average molecular weight is 278 g/mol. The van der Waals surface area contributed by atoms with Gasteiger partial charge in [0.1, 0.15) is 11.5 Å². The van der Waals surface area contributed by atoms with Gasteiger partial charge in [-0.1, -0.05) is 0 Å². The van der Waals surface area contributed by atoms with Gasteiger partial charge in [-0.3, -0.25) is 4.79 Å². The molecule has 0 radical (unpaired) electrons. The number of rotatable bonds is 2. The predicted octanol–water partition coefficient (Wildman–Crippen LogP) is 2.21. The SMILES string of the molecule is CCOC(=O)C1CC(=O)c2c(C)c(O)c(C)c(C)c2O1. The lowest BCUT2D eigenvalue weighted by atomic mass is 9.91. The Morgan fingerprint density at radius 2 is 1.95 bits per heavy atom. The number of esters is 1. The molecule has 1 unspecified atom stereocenters. The van der Waals surface area contributed by atoms with Crippen LogP contribution < -0.4 is 4.74 Å². The predicted molar refractivity (Wildman–Crippen MR) is 72.3 cm³/mol. The largest absolute Gasteiger partial charge is 0.507 e. The number of Topliss-reactive ketones (excluding diaryl/α,β-unsaturated/α-hetero) is 1. The average Bonchev–Trinajstić information content (AvgIpc) is 2.42. The van der Waals surface area contributed by atoms with Crippen molar-refractivity contribution in [2.24, 2.45) is 0 Å². The molecule has 20 heavy (non-hydrogen) atoms. The first-order valence-corrected chi connectivity index (χ1v) is 6.57. The van der Waals surface area contributed by atoms with Crippen molar-refractivity contribution in [1.82, 2.24) is 0 Å². The van der Waals surface area contributed by atoms with Gasteiger partial charge in [-0.15, -0.1) is 0 Å². The van der Waals surface area contributed by atoms with Crippen LogP contribution in [-0.2, 0) is 9.53 Å². The molecule has 0 aromatic heterocycles. The topological polar surface area (TPSA) is 72.8 Å². The standard InChI is InChI=1S/C15H18O5/c1-5-19-15(18)11-6-10(16)12-9(4)13(17)7(2)8(3)14(12)20-11/h11,17H,5-6H2,1-4H3. The molecule has 1 aliphatic heterocycles. The van der Waals surface area contributed by atoms with Crippen LogP contribution in [0.1, 0.15) is 40.4 Å². The third-order valence-corrected chi connectivity index (χ3v) is 3.67. The molecule has 2 rings (SSSR count). The van der Waals surface area contributed by atoms with Crippen LogP contribution in [0.15, 0.2) is 0 Å². The number of ether oxygens (including phenoxy) is 2. The van der Waals surface area contributed by atoms with E-state index >= 15 is 0 Å². The fraction of sp³-hybridized carbons (Fsp3) is 0.467. The molecule has 108 valence electrons. The van der Waals surface area contributed by atoms with Gasteiger partial charge < -0.3 is 14.6 Å². The number of phenolic OH excluding ortho intramolecular Hbond substituents is 1. The first-order chi connectivity index (χ1) is 9.38. The second-order valence-electron chi connectivity index (χ2n) is 4.91. The minimum atomic E-state index is -0.906. The maximum atomic E-state index is 12.2. The van der Waals surface area contributed by atoms with E-state index in [-0.39, 0.29) is 24.6 Å². The molecule has 1 N–H and O–H groups in total. The van der Waals surface area contributed by atoms with Crippen molar-refractivity contribution < 1.29 is 24.2 Å². The second kappa shape index (κ2) is 5.15. The Morgan fingerprint density at radius 1 is 1.30 bits per heavy atom. The number of fused-ring (bicyclic) bond motifs is 1. The molecule has 0 spiro atoms. The van der Waals surface area contributed by atoms with Crippen molar-refractivity contribution in [3.8, 4) is 11.5 Å². The van der Waals surface area contributed by atoms with E-state index in [1.54, 1.807) is 27.7 Å². The monoisotopic (exact) mass is 278 g/mol. The van der Waals surface area contributed by atoms with Crippen LogP contribution >= 0.6 is 0 Å². The van der Waals surface area contributed by atoms with E-state index < -0.39 is 12.1 Å². The lowest BCUT2D eigenvalue weighted by Gasteiger charge is -2.27. The molecule has 0 fully saturated rings. The van der Waals surface area contributed by atoms with Crippen LogP contribution in [0.3, 0.4) is 0 Å². The summed E-state index contributed by atoms with van der Waals surface area (Å²) in [6.07, 6.45) is -0.966. The second-order valence-corrected chi connectivity index (χ2v) is 4.91. The molecule has 0 bridgehead atoms. The number of carbonyl (C=O) groups is 2. The van der Waals surface area contributed by atoms with Gasteiger partial charge in [-0.2, -0.15) is 0 Å².